The molecule has 1 aliphatic rings. The largest absolute Gasteiger partial charge is 0.0620 e. The molecule has 0 spiro atoms. The summed E-state index contributed by atoms with van der Waals surface area (Å²) in [5.41, 5.74) is 0.681. The van der Waals surface area contributed by atoms with Gasteiger partial charge in [0.1, 0.15) is 0 Å². The van der Waals surface area contributed by atoms with E-state index in [4.69, 9.17) is 0 Å². The average Bonchev–Trinajstić information content (AvgIpc) is 1.63. The van der Waals surface area contributed by atoms with E-state index >= 15 is 0 Å². The molecule has 0 N–H and O–H groups in total. The minimum atomic E-state index is 0.681. The zero-order chi connectivity index (χ0) is 5.49. The van der Waals surface area contributed by atoms with Gasteiger partial charge in [0.15, 0.2) is 0 Å². The summed E-state index contributed by atoms with van der Waals surface area (Å²) in [6.07, 6.45) is 2.89. The van der Waals surface area contributed by atoms with Gasteiger partial charge in [0.25, 0.3) is 0 Å². The van der Waals surface area contributed by atoms with Crippen molar-refractivity contribution in [1.29, 1.82) is 0 Å². The third kappa shape index (κ3) is 0.667. The Morgan fingerprint density at radius 2 is 1.86 bits per heavy atom. The van der Waals surface area contributed by atoms with Gasteiger partial charge in [-0.2, -0.15) is 0 Å². The topological polar surface area (TPSA) is 0 Å². The molecule has 1 saturated carbocycles. The van der Waals surface area contributed by atoms with Crippen LogP contribution >= 0.6 is 0 Å². The molecule has 1 atom stereocenters. The molecule has 1 aliphatic carbocycles. The second kappa shape index (κ2) is 1.24. The lowest BCUT2D eigenvalue weighted by molar-refractivity contribution is 0.0892. The van der Waals surface area contributed by atoms with Crippen LogP contribution in [0.15, 0.2) is 0 Å². The Morgan fingerprint density at radius 1 is 1.43 bits per heavy atom. The highest BCUT2D eigenvalue weighted by molar-refractivity contribution is 4.84. The fourth-order valence-electron chi connectivity index (χ4n) is 1.01. The van der Waals surface area contributed by atoms with Gasteiger partial charge in [-0.25, -0.2) is 0 Å². The quantitative estimate of drug-likeness (QED) is 0.436. The van der Waals surface area contributed by atoms with Crippen LogP contribution in [0.4, 0.5) is 0 Å². The van der Waals surface area contributed by atoms with Crippen molar-refractivity contribution < 1.29 is 0 Å². The van der Waals surface area contributed by atoms with Crippen molar-refractivity contribution in [2.75, 3.05) is 0 Å². The highest BCUT2D eigenvalue weighted by Crippen LogP contribution is 2.45. The Hall–Kier alpha value is 0. The monoisotopic (exact) mass is 98.1 g/mol. The van der Waals surface area contributed by atoms with Crippen molar-refractivity contribution in [3.05, 3.63) is 0 Å². The third-order valence-corrected chi connectivity index (χ3v) is 2.56. The Bertz CT molecular complexity index is 72.1. The molecule has 0 radical (unpaired) electrons. The summed E-state index contributed by atoms with van der Waals surface area (Å²) >= 11 is 0. The van der Waals surface area contributed by atoms with Gasteiger partial charge in [0.05, 0.1) is 0 Å². The van der Waals surface area contributed by atoms with E-state index < -0.39 is 0 Å². The maximum Gasteiger partial charge on any atom is -0.0328 e. The van der Waals surface area contributed by atoms with Crippen molar-refractivity contribution >= 4 is 0 Å². The van der Waals surface area contributed by atoms with Crippen LogP contribution in [0.3, 0.4) is 0 Å². The molecule has 0 nitrogen and oxygen atoms in total. The van der Waals surface area contributed by atoms with Crippen molar-refractivity contribution in [3.63, 3.8) is 0 Å². The van der Waals surface area contributed by atoms with Gasteiger partial charge < -0.3 is 0 Å². The first kappa shape index (κ1) is 5.14. The summed E-state index contributed by atoms with van der Waals surface area (Å²) in [7, 11) is 0. The molecule has 42 valence electrons. The second-order valence-electron chi connectivity index (χ2n) is 3.43. The summed E-state index contributed by atoms with van der Waals surface area (Å²) in [6.45, 7) is 7.03. The van der Waals surface area contributed by atoms with Gasteiger partial charge in [-0.15, -0.1) is 0 Å². The number of hydrogen-bond acceptors (Lipinski definition) is 0. The van der Waals surface area contributed by atoms with Crippen molar-refractivity contribution in [2.45, 2.75) is 33.6 Å². The van der Waals surface area contributed by atoms with E-state index in [1.165, 1.54) is 12.8 Å². The average molecular weight is 98.2 g/mol. The van der Waals surface area contributed by atoms with Crippen LogP contribution in [0.1, 0.15) is 33.6 Å². The SMILES string of the molecule is CC1CCC1(C)C. The summed E-state index contributed by atoms with van der Waals surface area (Å²) in [5.74, 6) is 0.979. The van der Waals surface area contributed by atoms with Crippen molar-refractivity contribution in [2.24, 2.45) is 11.3 Å². The predicted molar refractivity (Wildman–Crippen MR) is 32.2 cm³/mol. The van der Waals surface area contributed by atoms with Crippen molar-refractivity contribution in [1.82, 2.24) is 0 Å². The van der Waals surface area contributed by atoms with Crippen LogP contribution in [0.25, 0.3) is 0 Å². The minimum Gasteiger partial charge on any atom is -0.0620 e. The Morgan fingerprint density at radius 3 is 1.86 bits per heavy atom. The summed E-state index contributed by atoms with van der Waals surface area (Å²) < 4.78 is 0. The van der Waals surface area contributed by atoms with Crippen LogP contribution < -0.4 is 0 Å². The Kier molecular flexibility index (Phi) is 0.911. The first-order valence-electron chi connectivity index (χ1n) is 3.13. The maximum absolute atomic E-state index is 2.35. The molecule has 0 heterocycles. The first-order valence-corrected chi connectivity index (χ1v) is 3.13. The molecule has 0 aromatic carbocycles. The molecule has 0 heteroatoms. The van der Waals surface area contributed by atoms with Crippen LogP contribution in [-0.4, -0.2) is 0 Å². The minimum absolute atomic E-state index is 0.681. The van der Waals surface area contributed by atoms with Crippen LogP contribution in [0.5, 0.6) is 0 Å². The van der Waals surface area contributed by atoms with E-state index in [-0.39, 0.29) is 0 Å². The van der Waals surface area contributed by atoms with E-state index in [0.29, 0.717) is 5.41 Å². The third-order valence-electron chi connectivity index (χ3n) is 2.56. The summed E-state index contributed by atoms with van der Waals surface area (Å²) in [4.78, 5) is 0. The van der Waals surface area contributed by atoms with E-state index in [2.05, 4.69) is 20.8 Å². The fourth-order valence-corrected chi connectivity index (χ4v) is 1.01. The molecule has 1 rings (SSSR count). The second-order valence-corrected chi connectivity index (χ2v) is 3.43. The molecule has 0 aliphatic heterocycles. The first-order chi connectivity index (χ1) is 3.13. The van der Waals surface area contributed by atoms with Gasteiger partial charge >= 0.3 is 0 Å². The lowest BCUT2D eigenvalue weighted by Gasteiger charge is -2.42. The zero-order valence-corrected chi connectivity index (χ0v) is 5.49. The molecule has 0 bridgehead atoms. The number of rotatable bonds is 0. The Balaban J connectivity index is 2.43. The molecular formula is C7H14. The molecule has 0 saturated heterocycles. The van der Waals surface area contributed by atoms with Crippen LogP contribution in [0, 0.1) is 11.3 Å². The van der Waals surface area contributed by atoms with Crippen LogP contribution in [0.2, 0.25) is 0 Å². The highest BCUT2D eigenvalue weighted by Gasteiger charge is 2.34. The molecule has 0 aromatic heterocycles. The molecule has 7 heavy (non-hydrogen) atoms. The van der Waals surface area contributed by atoms with E-state index in [9.17, 15) is 0 Å². The lowest BCUT2D eigenvalue weighted by atomic mass is 9.64. The molecule has 0 aromatic rings. The van der Waals surface area contributed by atoms with Crippen LogP contribution in [-0.2, 0) is 0 Å². The Labute approximate surface area is 45.9 Å². The maximum atomic E-state index is 2.35. The zero-order valence-electron chi connectivity index (χ0n) is 5.49. The number of hydrogen-bond donors (Lipinski definition) is 0. The van der Waals surface area contributed by atoms with Gasteiger partial charge in [-0.1, -0.05) is 20.8 Å². The highest BCUT2D eigenvalue weighted by atomic mass is 14.4. The van der Waals surface area contributed by atoms with E-state index in [1.807, 2.05) is 0 Å². The van der Waals surface area contributed by atoms with Gasteiger partial charge in [0, 0.05) is 0 Å². The van der Waals surface area contributed by atoms with Crippen molar-refractivity contribution in [3.8, 4) is 0 Å². The smallest absolute Gasteiger partial charge is 0.0328 e. The van der Waals surface area contributed by atoms with Gasteiger partial charge in [-0.3, -0.25) is 0 Å². The van der Waals surface area contributed by atoms with E-state index in [0.717, 1.165) is 5.92 Å². The van der Waals surface area contributed by atoms with Gasteiger partial charge in [0.2, 0.25) is 0 Å². The molecule has 0 amide bonds. The molecule has 1 unspecified atom stereocenters. The van der Waals surface area contributed by atoms with Gasteiger partial charge in [-0.05, 0) is 24.2 Å². The van der Waals surface area contributed by atoms with E-state index in [1.54, 1.807) is 0 Å². The molecular weight excluding hydrogens is 84.1 g/mol. The summed E-state index contributed by atoms with van der Waals surface area (Å²) in [5, 5.41) is 0. The standard InChI is InChI=1S/C7H14/c1-6-4-5-7(6,2)3/h6H,4-5H2,1-3H3. The lowest BCUT2D eigenvalue weighted by Crippen LogP contribution is -2.31. The predicted octanol–water partition coefficient (Wildman–Crippen LogP) is 2.44. The molecule has 1 fully saturated rings. The normalized spacial score (nSPS) is 37.3. The summed E-state index contributed by atoms with van der Waals surface area (Å²) in [6, 6.07) is 0. The fraction of sp³-hybridized carbons (Fsp3) is 1.00.